The van der Waals surface area contributed by atoms with E-state index in [-0.39, 0.29) is 12.0 Å². The summed E-state index contributed by atoms with van der Waals surface area (Å²) in [7, 11) is 0. The molecule has 2 N–H and O–H groups in total. The zero-order valence-electron chi connectivity index (χ0n) is 16.1. The smallest absolute Gasteiger partial charge is 0.330 e. The Morgan fingerprint density at radius 3 is 2.59 bits per heavy atom. The van der Waals surface area contributed by atoms with Crippen molar-refractivity contribution >= 4 is 11.6 Å². The van der Waals surface area contributed by atoms with E-state index in [0.717, 1.165) is 37.1 Å². The van der Waals surface area contributed by atoms with E-state index in [2.05, 4.69) is 21.2 Å². The van der Waals surface area contributed by atoms with Crippen molar-refractivity contribution in [2.75, 3.05) is 13.1 Å². The summed E-state index contributed by atoms with van der Waals surface area (Å²) < 4.78 is 40.3. The maximum absolute atomic E-state index is 13.0. The summed E-state index contributed by atoms with van der Waals surface area (Å²) in [4.78, 5) is 2.25. The van der Waals surface area contributed by atoms with Gasteiger partial charge < -0.3 is 10.3 Å². The summed E-state index contributed by atoms with van der Waals surface area (Å²) in [5.41, 5.74) is 7.44. The molecular weight excluding hydrogens is 403 g/mol. The number of hydrogen-bond acceptors (Lipinski definition) is 4. The van der Waals surface area contributed by atoms with Crippen molar-refractivity contribution in [1.82, 2.24) is 19.7 Å². The molecule has 1 aliphatic heterocycles. The van der Waals surface area contributed by atoms with Gasteiger partial charge in [0.2, 0.25) is 5.82 Å². The van der Waals surface area contributed by atoms with Crippen molar-refractivity contribution in [2.45, 2.75) is 57.4 Å². The maximum atomic E-state index is 13.0. The fraction of sp³-hybridized carbons (Fsp3) is 0.600. The Kier molecular flexibility index (Phi) is 5.61. The molecule has 9 heteroatoms. The molecule has 1 saturated carbocycles. The van der Waals surface area contributed by atoms with E-state index in [4.69, 9.17) is 17.3 Å². The Labute approximate surface area is 173 Å². The number of aromatic nitrogens is 3. The van der Waals surface area contributed by atoms with Crippen LogP contribution in [-0.4, -0.2) is 38.8 Å². The maximum Gasteiger partial charge on any atom is 0.451 e. The first-order valence-corrected chi connectivity index (χ1v) is 10.4. The molecule has 0 bridgehead atoms. The van der Waals surface area contributed by atoms with Gasteiger partial charge in [-0.1, -0.05) is 23.7 Å². The molecule has 2 aromatic rings. The molecule has 0 unspecified atom stereocenters. The lowest BCUT2D eigenvalue weighted by Gasteiger charge is -2.44. The SMILES string of the molecule is NCC1(Cc2cccc(Cl)c2)CCC(N2CCn3c(nnc3C(F)(F)F)C2)CC1. The van der Waals surface area contributed by atoms with Gasteiger partial charge in [-0.3, -0.25) is 4.90 Å². The fourth-order valence-electron chi connectivity index (χ4n) is 4.81. The molecule has 0 spiro atoms. The van der Waals surface area contributed by atoms with Crippen molar-refractivity contribution in [2.24, 2.45) is 11.1 Å². The minimum absolute atomic E-state index is 0.0560. The number of nitrogens with two attached hydrogens (primary N) is 1. The minimum atomic E-state index is -4.46. The zero-order chi connectivity index (χ0) is 20.6. The topological polar surface area (TPSA) is 60.0 Å². The molecule has 0 amide bonds. The van der Waals surface area contributed by atoms with Crippen LogP contribution in [0.1, 0.15) is 42.9 Å². The minimum Gasteiger partial charge on any atom is -0.330 e. The predicted octanol–water partition coefficient (Wildman–Crippen LogP) is 3.90. The number of hydrogen-bond donors (Lipinski definition) is 1. The van der Waals surface area contributed by atoms with Gasteiger partial charge >= 0.3 is 6.18 Å². The summed E-state index contributed by atoms with van der Waals surface area (Å²) in [5.74, 6) is -0.488. The van der Waals surface area contributed by atoms with Crippen molar-refractivity contribution in [3.8, 4) is 0 Å². The lowest BCUT2D eigenvalue weighted by molar-refractivity contribution is -0.148. The predicted molar refractivity (Wildman–Crippen MR) is 104 cm³/mol. The second kappa shape index (κ2) is 7.89. The number of halogens is 4. The molecule has 0 saturated heterocycles. The quantitative estimate of drug-likeness (QED) is 0.804. The third-order valence-electron chi connectivity index (χ3n) is 6.47. The average molecular weight is 428 g/mol. The zero-order valence-corrected chi connectivity index (χ0v) is 16.9. The highest BCUT2D eigenvalue weighted by atomic mass is 35.5. The lowest BCUT2D eigenvalue weighted by atomic mass is 9.69. The van der Waals surface area contributed by atoms with Crippen LogP contribution in [0.15, 0.2) is 24.3 Å². The van der Waals surface area contributed by atoms with Crippen molar-refractivity contribution in [3.05, 3.63) is 46.5 Å². The van der Waals surface area contributed by atoms with Crippen LogP contribution in [0.3, 0.4) is 0 Å². The first-order valence-electron chi connectivity index (χ1n) is 9.97. The monoisotopic (exact) mass is 427 g/mol. The summed E-state index contributed by atoms with van der Waals surface area (Å²) in [6.07, 6.45) is 0.408. The van der Waals surface area contributed by atoms with Gasteiger partial charge in [0, 0.05) is 24.2 Å². The van der Waals surface area contributed by atoms with E-state index in [0.29, 0.717) is 31.5 Å². The second-order valence-electron chi connectivity index (χ2n) is 8.30. The molecular formula is C20H25ClF3N5. The molecule has 1 aromatic carbocycles. The highest BCUT2D eigenvalue weighted by Crippen LogP contribution is 2.41. The van der Waals surface area contributed by atoms with Crippen LogP contribution in [0.25, 0.3) is 0 Å². The molecule has 4 rings (SSSR count). The molecule has 1 fully saturated rings. The molecule has 0 atom stereocenters. The van der Waals surface area contributed by atoms with E-state index in [1.807, 2.05) is 18.2 Å². The fourth-order valence-corrected chi connectivity index (χ4v) is 5.02. The third kappa shape index (κ3) is 4.29. The third-order valence-corrected chi connectivity index (χ3v) is 6.70. The Morgan fingerprint density at radius 1 is 1.17 bits per heavy atom. The first kappa shape index (κ1) is 20.6. The van der Waals surface area contributed by atoms with Gasteiger partial charge in [-0.2, -0.15) is 13.2 Å². The van der Waals surface area contributed by atoms with E-state index in [9.17, 15) is 13.2 Å². The molecule has 2 heterocycles. The summed E-state index contributed by atoms with van der Waals surface area (Å²) in [6, 6.07) is 8.27. The average Bonchev–Trinajstić information content (AvgIpc) is 3.12. The number of nitrogens with zero attached hydrogens (tertiary/aromatic N) is 4. The molecule has 158 valence electrons. The second-order valence-corrected chi connectivity index (χ2v) is 8.74. The van der Waals surface area contributed by atoms with Gasteiger partial charge in [-0.05, 0) is 61.8 Å². The van der Waals surface area contributed by atoms with Gasteiger partial charge in [0.15, 0.2) is 0 Å². The Bertz CT molecular complexity index is 858. The van der Waals surface area contributed by atoms with Crippen LogP contribution in [0.5, 0.6) is 0 Å². The highest BCUT2D eigenvalue weighted by Gasteiger charge is 2.41. The number of alkyl halides is 3. The van der Waals surface area contributed by atoms with E-state index in [1.165, 1.54) is 10.1 Å². The van der Waals surface area contributed by atoms with Gasteiger partial charge in [0.25, 0.3) is 0 Å². The number of benzene rings is 1. The van der Waals surface area contributed by atoms with Gasteiger partial charge in [-0.25, -0.2) is 0 Å². The molecule has 29 heavy (non-hydrogen) atoms. The van der Waals surface area contributed by atoms with E-state index >= 15 is 0 Å². The van der Waals surface area contributed by atoms with Crippen LogP contribution in [0.2, 0.25) is 5.02 Å². The summed E-state index contributed by atoms with van der Waals surface area (Å²) in [5, 5.41) is 7.90. The van der Waals surface area contributed by atoms with Crippen molar-refractivity contribution in [1.29, 1.82) is 0 Å². The largest absolute Gasteiger partial charge is 0.451 e. The highest BCUT2D eigenvalue weighted by molar-refractivity contribution is 6.30. The van der Waals surface area contributed by atoms with Crippen molar-refractivity contribution < 1.29 is 13.2 Å². The standard InChI is InChI=1S/C20H25ClF3N5/c21-15-3-1-2-14(10-15)11-19(13-25)6-4-16(5-7-19)28-8-9-29-17(12-28)26-27-18(29)20(22,23)24/h1-3,10,16H,4-9,11-13,25H2. The van der Waals surface area contributed by atoms with Gasteiger partial charge in [0.1, 0.15) is 5.82 Å². The molecule has 2 aliphatic rings. The normalized spacial score (nSPS) is 25.8. The molecule has 1 aromatic heterocycles. The first-order chi connectivity index (χ1) is 13.8. The molecule has 1 aliphatic carbocycles. The Morgan fingerprint density at radius 2 is 1.93 bits per heavy atom. The van der Waals surface area contributed by atoms with Gasteiger partial charge in [-0.15, -0.1) is 10.2 Å². The summed E-state index contributed by atoms with van der Waals surface area (Å²) >= 11 is 6.13. The van der Waals surface area contributed by atoms with E-state index < -0.39 is 12.0 Å². The van der Waals surface area contributed by atoms with Crippen LogP contribution >= 0.6 is 11.6 Å². The van der Waals surface area contributed by atoms with Crippen LogP contribution < -0.4 is 5.73 Å². The van der Waals surface area contributed by atoms with Gasteiger partial charge in [0.05, 0.1) is 6.54 Å². The summed E-state index contributed by atoms with van der Waals surface area (Å²) in [6.45, 7) is 1.90. The number of rotatable bonds is 4. The Hall–Kier alpha value is -1.64. The van der Waals surface area contributed by atoms with Crippen LogP contribution in [-0.2, 0) is 25.7 Å². The molecule has 5 nitrogen and oxygen atoms in total. The molecule has 0 radical (unpaired) electrons. The van der Waals surface area contributed by atoms with E-state index in [1.54, 1.807) is 0 Å². The number of fused-ring (bicyclic) bond motifs is 1. The van der Waals surface area contributed by atoms with Crippen molar-refractivity contribution in [3.63, 3.8) is 0 Å². The lowest BCUT2D eigenvalue weighted by Crippen LogP contribution is -2.47. The Balaban J connectivity index is 1.40. The van der Waals surface area contributed by atoms with Crippen LogP contribution in [0, 0.1) is 5.41 Å². The van der Waals surface area contributed by atoms with Crippen LogP contribution in [0.4, 0.5) is 13.2 Å².